The zero-order valence-corrected chi connectivity index (χ0v) is 30.3. The van der Waals surface area contributed by atoms with E-state index >= 15 is 0 Å². The minimum atomic E-state index is 0.406. The van der Waals surface area contributed by atoms with Crippen molar-refractivity contribution in [2.75, 3.05) is 33.7 Å². The van der Waals surface area contributed by atoms with Gasteiger partial charge in [-0.3, -0.25) is 4.79 Å². The number of amides is 1. The molecule has 0 aliphatic rings. The Morgan fingerprint density at radius 3 is 1.14 bits per heavy atom. The van der Waals surface area contributed by atoms with Crippen molar-refractivity contribution in [3.63, 3.8) is 0 Å². The quantitative estimate of drug-likeness (QED) is 0.0564. The Bertz CT molecular complexity index is 573. The fourth-order valence-corrected chi connectivity index (χ4v) is 6.16. The molecule has 0 radical (unpaired) electrons. The first kappa shape index (κ1) is 42.2. The average molecular weight is 606 g/mol. The van der Waals surface area contributed by atoms with Crippen molar-refractivity contribution in [3.8, 4) is 0 Å². The molecule has 256 valence electrons. The maximum Gasteiger partial charge on any atom is 0.222 e. The van der Waals surface area contributed by atoms with E-state index in [4.69, 9.17) is 0 Å². The highest BCUT2D eigenvalue weighted by Crippen LogP contribution is 2.14. The number of hydrogen-bond acceptors (Lipinski definition) is 1. The van der Waals surface area contributed by atoms with E-state index in [0.29, 0.717) is 5.91 Å². The molecule has 0 atom stereocenters. The SMILES string of the molecule is CCCCCCCC/C=C\CCCCCCCCN(CCCCCCCCCCCCCCCC)C(=O)CCC[NH+](C)C. The van der Waals surface area contributed by atoms with Gasteiger partial charge in [-0.15, -0.1) is 0 Å². The molecule has 0 aromatic rings. The third kappa shape index (κ3) is 33.9. The van der Waals surface area contributed by atoms with Crippen LogP contribution in [0.15, 0.2) is 12.2 Å². The van der Waals surface area contributed by atoms with Gasteiger partial charge in [0, 0.05) is 25.9 Å². The third-order valence-electron chi connectivity index (χ3n) is 9.14. The van der Waals surface area contributed by atoms with Gasteiger partial charge < -0.3 is 9.80 Å². The Morgan fingerprint density at radius 2 is 0.791 bits per heavy atom. The highest BCUT2D eigenvalue weighted by molar-refractivity contribution is 5.76. The molecule has 0 heterocycles. The number of unbranched alkanes of at least 4 members (excludes halogenated alkanes) is 25. The minimum absolute atomic E-state index is 0.406. The number of nitrogens with one attached hydrogen (secondary N) is 1. The predicted molar refractivity (Wildman–Crippen MR) is 193 cm³/mol. The summed E-state index contributed by atoms with van der Waals surface area (Å²) in [5.41, 5.74) is 0. The van der Waals surface area contributed by atoms with Crippen LogP contribution in [0.3, 0.4) is 0 Å². The molecule has 1 N–H and O–H groups in total. The summed E-state index contributed by atoms with van der Waals surface area (Å²) >= 11 is 0. The molecule has 1 amide bonds. The van der Waals surface area contributed by atoms with Crippen LogP contribution in [0, 0.1) is 0 Å². The molecule has 0 saturated heterocycles. The van der Waals surface area contributed by atoms with Crippen LogP contribution in [0.4, 0.5) is 0 Å². The van der Waals surface area contributed by atoms with Gasteiger partial charge >= 0.3 is 0 Å². The summed E-state index contributed by atoms with van der Waals surface area (Å²) in [6.07, 6.45) is 44.8. The molecule has 0 aromatic heterocycles. The van der Waals surface area contributed by atoms with E-state index in [1.54, 1.807) is 0 Å². The first-order chi connectivity index (χ1) is 21.1. The van der Waals surface area contributed by atoms with Crippen molar-refractivity contribution in [1.82, 2.24) is 4.90 Å². The van der Waals surface area contributed by atoms with Crippen LogP contribution in [0.25, 0.3) is 0 Å². The van der Waals surface area contributed by atoms with Gasteiger partial charge in [0.25, 0.3) is 0 Å². The highest BCUT2D eigenvalue weighted by atomic mass is 16.2. The van der Waals surface area contributed by atoms with Crippen molar-refractivity contribution in [1.29, 1.82) is 0 Å². The second-order valence-corrected chi connectivity index (χ2v) is 14.0. The van der Waals surface area contributed by atoms with Crippen molar-refractivity contribution in [3.05, 3.63) is 12.2 Å². The number of nitrogens with zero attached hydrogens (tertiary/aromatic N) is 1. The van der Waals surface area contributed by atoms with Gasteiger partial charge in [-0.25, -0.2) is 0 Å². The van der Waals surface area contributed by atoms with Gasteiger partial charge in [-0.05, 0) is 38.5 Å². The summed E-state index contributed by atoms with van der Waals surface area (Å²) in [5, 5.41) is 0. The lowest BCUT2D eigenvalue weighted by Gasteiger charge is -2.23. The molecular formula is C40H81N2O+. The summed E-state index contributed by atoms with van der Waals surface area (Å²) < 4.78 is 0. The summed E-state index contributed by atoms with van der Waals surface area (Å²) in [6.45, 7) is 7.64. The van der Waals surface area contributed by atoms with Crippen molar-refractivity contribution >= 4 is 5.91 Å². The molecule has 0 rings (SSSR count). The van der Waals surface area contributed by atoms with E-state index in [-0.39, 0.29) is 0 Å². The number of carbonyl (C=O) groups is 1. The Hall–Kier alpha value is -0.830. The average Bonchev–Trinajstić information content (AvgIpc) is 2.99. The molecule has 3 nitrogen and oxygen atoms in total. The largest absolute Gasteiger partial charge is 0.343 e. The van der Waals surface area contributed by atoms with Crippen molar-refractivity contribution < 1.29 is 9.69 Å². The molecule has 0 bridgehead atoms. The maximum atomic E-state index is 13.0. The van der Waals surface area contributed by atoms with E-state index < -0.39 is 0 Å². The van der Waals surface area contributed by atoms with Crippen molar-refractivity contribution in [2.24, 2.45) is 0 Å². The number of rotatable bonds is 35. The lowest BCUT2D eigenvalue weighted by atomic mass is 10.0. The van der Waals surface area contributed by atoms with Crippen LogP contribution >= 0.6 is 0 Å². The lowest BCUT2D eigenvalue weighted by Crippen LogP contribution is -3.05. The molecule has 3 heteroatoms. The second-order valence-electron chi connectivity index (χ2n) is 14.0. The number of carbonyl (C=O) groups excluding carboxylic acids is 1. The molecule has 0 spiro atoms. The van der Waals surface area contributed by atoms with Gasteiger partial charge in [-0.2, -0.15) is 0 Å². The van der Waals surface area contributed by atoms with Crippen LogP contribution < -0.4 is 4.90 Å². The van der Waals surface area contributed by atoms with Gasteiger partial charge in [0.2, 0.25) is 5.91 Å². The number of quaternary nitrogens is 1. The molecule has 0 unspecified atom stereocenters. The Kier molecular flexibility index (Phi) is 35.0. The van der Waals surface area contributed by atoms with Gasteiger partial charge in [0.1, 0.15) is 0 Å². The normalized spacial score (nSPS) is 11.7. The summed E-state index contributed by atoms with van der Waals surface area (Å²) in [6, 6.07) is 0. The lowest BCUT2D eigenvalue weighted by molar-refractivity contribution is -0.858. The smallest absolute Gasteiger partial charge is 0.222 e. The van der Waals surface area contributed by atoms with Crippen LogP contribution in [0.2, 0.25) is 0 Å². The topological polar surface area (TPSA) is 24.8 Å². The van der Waals surface area contributed by atoms with Gasteiger partial charge in [-0.1, -0.05) is 167 Å². The van der Waals surface area contributed by atoms with E-state index in [0.717, 1.165) is 32.5 Å². The van der Waals surface area contributed by atoms with Crippen LogP contribution in [0.5, 0.6) is 0 Å². The van der Waals surface area contributed by atoms with E-state index in [9.17, 15) is 4.79 Å². The second kappa shape index (κ2) is 35.6. The molecule has 0 aliphatic carbocycles. The molecule has 0 aromatic carbocycles. The summed E-state index contributed by atoms with van der Waals surface area (Å²) in [4.78, 5) is 16.7. The summed E-state index contributed by atoms with van der Waals surface area (Å²) in [7, 11) is 4.37. The molecule has 0 aliphatic heterocycles. The van der Waals surface area contributed by atoms with Crippen LogP contribution in [0.1, 0.15) is 206 Å². The zero-order chi connectivity index (χ0) is 31.5. The molecule has 43 heavy (non-hydrogen) atoms. The first-order valence-electron chi connectivity index (χ1n) is 19.8. The number of hydrogen-bond donors (Lipinski definition) is 1. The molecule has 0 saturated carbocycles. The Labute approximate surface area is 272 Å². The van der Waals surface area contributed by atoms with Crippen molar-refractivity contribution in [2.45, 2.75) is 206 Å². The molecular weight excluding hydrogens is 524 g/mol. The van der Waals surface area contributed by atoms with E-state index in [1.807, 2.05) is 0 Å². The predicted octanol–water partition coefficient (Wildman–Crippen LogP) is 11.3. The third-order valence-corrected chi connectivity index (χ3v) is 9.14. The summed E-state index contributed by atoms with van der Waals surface area (Å²) in [5.74, 6) is 0.406. The standard InChI is InChI=1S/C40H80N2O/c1-5-7-9-11-13-15-17-19-21-22-24-26-28-30-32-34-39-42(40(43)36-35-37-41(3)4)38-33-31-29-27-25-23-20-18-16-14-12-10-8-6-2/h19,21H,5-18,20,22-39H2,1-4H3/p+1/b21-19-. The van der Waals surface area contributed by atoms with Crippen LogP contribution in [-0.4, -0.2) is 44.5 Å². The maximum absolute atomic E-state index is 13.0. The first-order valence-corrected chi connectivity index (χ1v) is 19.8. The number of allylic oxidation sites excluding steroid dienone is 2. The monoisotopic (exact) mass is 606 g/mol. The van der Waals surface area contributed by atoms with E-state index in [2.05, 4.69) is 45.0 Å². The zero-order valence-electron chi connectivity index (χ0n) is 30.3. The Balaban J connectivity index is 3.88. The van der Waals surface area contributed by atoms with E-state index in [1.165, 1.54) is 185 Å². The van der Waals surface area contributed by atoms with Gasteiger partial charge in [0.15, 0.2) is 0 Å². The fraction of sp³-hybridized carbons (Fsp3) is 0.925. The fourth-order valence-electron chi connectivity index (χ4n) is 6.16. The minimum Gasteiger partial charge on any atom is -0.343 e. The van der Waals surface area contributed by atoms with Crippen LogP contribution in [-0.2, 0) is 4.79 Å². The molecule has 0 fully saturated rings. The Morgan fingerprint density at radius 1 is 0.465 bits per heavy atom. The highest BCUT2D eigenvalue weighted by Gasteiger charge is 2.13. The van der Waals surface area contributed by atoms with Gasteiger partial charge in [0.05, 0.1) is 20.6 Å².